The smallest absolute Gasteiger partial charge is 0.462 e. The third-order valence-electron chi connectivity index (χ3n) is 7.91. The van der Waals surface area contributed by atoms with E-state index in [-0.39, 0.29) is 25.6 Å². The molecule has 49 heavy (non-hydrogen) atoms. The van der Waals surface area contributed by atoms with Gasteiger partial charge in [-0.3, -0.25) is 14.1 Å². The topological polar surface area (TPSA) is 140 Å². The molecule has 284 valence electrons. The zero-order valence-corrected chi connectivity index (χ0v) is 31.6. The SMILES string of the molecule is CCCCCCCCCCCCCCCC(=O)OC[C@H](COP(=O)(O)O)OC(=O)CCC/C=C\C/C=C\C/C=C\C/C=C\CC(O)CCC. The maximum Gasteiger partial charge on any atom is 0.469 e. The lowest BCUT2D eigenvalue weighted by Gasteiger charge is -2.18. The molecule has 0 spiro atoms. The number of hydrogen-bond acceptors (Lipinski definition) is 7. The molecule has 0 radical (unpaired) electrons. The first-order valence-corrected chi connectivity index (χ1v) is 20.5. The van der Waals surface area contributed by atoms with Crippen LogP contribution in [0.3, 0.4) is 0 Å². The number of aliphatic hydroxyl groups is 1. The van der Waals surface area contributed by atoms with Crippen LogP contribution in [0.25, 0.3) is 0 Å². The fourth-order valence-corrected chi connectivity index (χ4v) is 5.45. The Labute approximate surface area is 297 Å². The van der Waals surface area contributed by atoms with E-state index in [1.54, 1.807) is 0 Å². The molecule has 0 saturated heterocycles. The molecule has 0 aliphatic carbocycles. The molecular formula is C39H69O9P. The number of carbonyl (C=O) groups is 2. The number of phosphoric acid groups is 1. The van der Waals surface area contributed by atoms with Gasteiger partial charge in [0, 0.05) is 12.8 Å². The van der Waals surface area contributed by atoms with Crippen LogP contribution in [0.4, 0.5) is 0 Å². The Morgan fingerprint density at radius 3 is 1.63 bits per heavy atom. The zero-order valence-electron chi connectivity index (χ0n) is 30.7. The summed E-state index contributed by atoms with van der Waals surface area (Å²) in [6.07, 6.45) is 37.6. The highest BCUT2D eigenvalue weighted by Gasteiger charge is 2.22. The molecule has 0 aromatic heterocycles. The predicted molar refractivity (Wildman–Crippen MR) is 199 cm³/mol. The summed E-state index contributed by atoms with van der Waals surface area (Å²) < 4.78 is 26.2. The molecule has 0 aromatic rings. The Balaban J connectivity index is 4.10. The zero-order chi connectivity index (χ0) is 36.3. The van der Waals surface area contributed by atoms with E-state index in [0.29, 0.717) is 25.7 Å². The van der Waals surface area contributed by atoms with Crippen molar-refractivity contribution in [3.63, 3.8) is 0 Å². The fraction of sp³-hybridized carbons (Fsp3) is 0.744. The van der Waals surface area contributed by atoms with Crippen LogP contribution in [0.5, 0.6) is 0 Å². The minimum atomic E-state index is -4.77. The van der Waals surface area contributed by atoms with Gasteiger partial charge < -0.3 is 24.4 Å². The summed E-state index contributed by atoms with van der Waals surface area (Å²) in [6, 6.07) is 0. The van der Waals surface area contributed by atoms with E-state index in [1.165, 1.54) is 64.2 Å². The van der Waals surface area contributed by atoms with Crippen LogP contribution in [-0.2, 0) is 28.2 Å². The molecule has 0 fully saturated rings. The predicted octanol–water partition coefficient (Wildman–Crippen LogP) is 10.1. The molecule has 9 nitrogen and oxygen atoms in total. The second-order valence-electron chi connectivity index (χ2n) is 12.7. The highest BCUT2D eigenvalue weighted by atomic mass is 31.2. The van der Waals surface area contributed by atoms with E-state index in [0.717, 1.165) is 44.9 Å². The minimum absolute atomic E-state index is 0.121. The Bertz CT molecular complexity index is 954. The average molecular weight is 713 g/mol. The minimum Gasteiger partial charge on any atom is -0.462 e. The van der Waals surface area contributed by atoms with Crippen molar-refractivity contribution in [3.05, 3.63) is 48.6 Å². The van der Waals surface area contributed by atoms with Gasteiger partial charge in [-0.1, -0.05) is 146 Å². The van der Waals surface area contributed by atoms with Crippen molar-refractivity contribution in [2.75, 3.05) is 13.2 Å². The summed E-state index contributed by atoms with van der Waals surface area (Å²) in [7, 11) is -4.77. The first-order chi connectivity index (χ1) is 23.7. The lowest BCUT2D eigenvalue weighted by atomic mass is 10.0. The fourth-order valence-electron chi connectivity index (χ4n) is 5.09. The highest BCUT2D eigenvalue weighted by molar-refractivity contribution is 7.46. The first kappa shape index (κ1) is 47.0. The van der Waals surface area contributed by atoms with Crippen LogP contribution in [0.1, 0.15) is 162 Å². The van der Waals surface area contributed by atoms with Gasteiger partial charge in [-0.05, 0) is 51.4 Å². The number of esters is 2. The summed E-state index contributed by atoms with van der Waals surface area (Å²) in [5.41, 5.74) is 0. The largest absolute Gasteiger partial charge is 0.469 e. The number of phosphoric ester groups is 1. The van der Waals surface area contributed by atoms with E-state index >= 15 is 0 Å². The van der Waals surface area contributed by atoms with Gasteiger partial charge in [0.25, 0.3) is 0 Å². The number of hydrogen-bond donors (Lipinski definition) is 3. The van der Waals surface area contributed by atoms with Crippen molar-refractivity contribution in [1.29, 1.82) is 0 Å². The standard InChI is InChI=1S/C39H69O9P/c1-3-5-6-7-8-9-10-12-16-19-22-25-28-32-38(41)46-34-37(35-47-49(43,44)45)48-39(42)33-29-26-23-20-17-14-11-13-15-18-21-24-27-31-36(40)30-4-2/h11,14-15,18,20,23-24,27,36-37,40H,3-10,12-13,16-17,19,21-22,25-26,28-35H2,1-2H3,(H2,43,44,45)/b14-11-,18-15-,23-20-,27-24-/t36?,37-/m1/s1. The van der Waals surface area contributed by atoms with Crippen LogP contribution in [0.2, 0.25) is 0 Å². The third-order valence-corrected chi connectivity index (χ3v) is 8.39. The molecule has 1 unspecified atom stereocenters. The lowest BCUT2D eigenvalue weighted by molar-refractivity contribution is -0.161. The van der Waals surface area contributed by atoms with Crippen molar-refractivity contribution >= 4 is 19.8 Å². The van der Waals surface area contributed by atoms with E-state index in [2.05, 4.69) is 48.8 Å². The highest BCUT2D eigenvalue weighted by Crippen LogP contribution is 2.36. The van der Waals surface area contributed by atoms with E-state index < -0.39 is 32.5 Å². The van der Waals surface area contributed by atoms with Crippen LogP contribution < -0.4 is 0 Å². The molecule has 0 bridgehead atoms. The van der Waals surface area contributed by atoms with Crippen molar-refractivity contribution in [3.8, 4) is 0 Å². The van der Waals surface area contributed by atoms with Crippen LogP contribution in [-0.4, -0.2) is 52.3 Å². The number of ether oxygens (including phenoxy) is 2. The first-order valence-electron chi connectivity index (χ1n) is 19.0. The molecule has 0 aliphatic heterocycles. The van der Waals surface area contributed by atoms with Gasteiger partial charge in [-0.25, -0.2) is 4.57 Å². The van der Waals surface area contributed by atoms with Crippen molar-refractivity contribution in [1.82, 2.24) is 0 Å². The number of carbonyl (C=O) groups excluding carboxylic acids is 2. The van der Waals surface area contributed by atoms with Gasteiger partial charge in [0.2, 0.25) is 0 Å². The maximum atomic E-state index is 12.3. The number of rotatable bonds is 34. The van der Waals surface area contributed by atoms with Gasteiger partial charge in [0.1, 0.15) is 6.61 Å². The van der Waals surface area contributed by atoms with Crippen LogP contribution in [0, 0.1) is 0 Å². The van der Waals surface area contributed by atoms with Crippen LogP contribution >= 0.6 is 7.82 Å². The maximum absolute atomic E-state index is 12.3. The summed E-state index contributed by atoms with van der Waals surface area (Å²) in [6.45, 7) is 3.43. The van der Waals surface area contributed by atoms with E-state index in [1.807, 2.05) is 18.2 Å². The number of aliphatic hydroxyl groups excluding tert-OH is 1. The second-order valence-corrected chi connectivity index (χ2v) is 14.0. The summed E-state index contributed by atoms with van der Waals surface area (Å²) in [5.74, 6) is -0.971. The monoisotopic (exact) mass is 712 g/mol. The molecular weight excluding hydrogens is 643 g/mol. The van der Waals surface area contributed by atoms with Crippen molar-refractivity contribution in [2.24, 2.45) is 0 Å². The van der Waals surface area contributed by atoms with Crippen LogP contribution in [0.15, 0.2) is 48.6 Å². The molecule has 0 aromatic carbocycles. The molecule has 3 N–H and O–H groups in total. The van der Waals surface area contributed by atoms with Gasteiger partial charge >= 0.3 is 19.8 Å². The Morgan fingerprint density at radius 1 is 0.612 bits per heavy atom. The Hall–Kier alpha value is -2.03. The van der Waals surface area contributed by atoms with Crippen molar-refractivity contribution < 1.29 is 43.0 Å². The summed E-state index contributed by atoms with van der Waals surface area (Å²) in [4.78, 5) is 42.7. The van der Waals surface area contributed by atoms with Gasteiger partial charge in [0.05, 0.1) is 12.7 Å². The average Bonchev–Trinajstić information content (AvgIpc) is 3.06. The Morgan fingerprint density at radius 2 is 1.10 bits per heavy atom. The summed E-state index contributed by atoms with van der Waals surface area (Å²) >= 11 is 0. The van der Waals surface area contributed by atoms with E-state index in [9.17, 15) is 19.3 Å². The third kappa shape index (κ3) is 37.1. The molecule has 0 rings (SSSR count). The molecule has 2 atom stereocenters. The Kier molecular flexibility index (Phi) is 33.0. The second kappa shape index (κ2) is 34.4. The number of unbranched alkanes of at least 4 members (excludes halogenated alkanes) is 13. The number of allylic oxidation sites excluding steroid dienone is 7. The molecule has 0 amide bonds. The molecule has 10 heteroatoms. The summed E-state index contributed by atoms with van der Waals surface area (Å²) in [5, 5.41) is 9.69. The lowest BCUT2D eigenvalue weighted by Crippen LogP contribution is -2.29. The molecule has 0 aliphatic rings. The molecule has 0 heterocycles. The van der Waals surface area contributed by atoms with Gasteiger partial charge in [0.15, 0.2) is 6.10 Å². The van der Waals surface area contributed by atoms with Crippen molar-refractivity contribution in [2.45, 2.75) is 174 Å². The normalized spacial score (nSPS) is 13.7. The quantitative estimate of drug-likeness (QED) is 0.0257. The molecule has 0 saturated carbocycles. The van der Waals surface area contributed by atoms with E-state index in [4.69, 9.17) is 19.3 Å². The van der Waals surface area contributed by atoms with Gasteiger partial charge in [-0.15, -0.1) is 0 Å². The van der Waals surface area contributed by atoms with Gasteiger partial charge in [-0.2, -0.15) is 0 Å².